The minimum absolute atomic E-state index is 0.441. The van der Waals surface area contributed by atoms with Gasteiger partial charge in [0.15, 0.2) is 0 Å². The smallest absolute Gasteiger partial charge is 0.0621 e. The molecule has 0 fully saturated rings. The van der Waals surface area contributed by atoms with Crippen LogP contribution >= 0.6 is 0 Å². The minimum atomic E-state index is 0.441. The Bertz CT molecular complexity index is 119. The summed E-state index contributed by atoms with van der Waals surface area (Å²) in [4.78, 5) is 0. The van der Waals surface area contributed by atoms with Crippen LogP contribution in [0.1, 0.15) is 60.3 Å². The van der Waals surface area contributed by atoms with Gasteiger partial charge in [-0.2, -0.15) is 5.26 Å². The zero-order valence-corrected chi connectivity index (χ0v) is 9.28. The first-order chi connectivity index (χ1) is 5.62. The lowest BCUT2D eigenvalue weighted by Gasteiger charge is -2.21. The largest absolute Gasteiger partial charge is 0.198 e. The minimum Gasteiger partial charge on any atom is -0.198 e. The predicted molar refractivity (Wildman–Crippen MR) is 54.9 cm³/mol. The zero-order chi connectivity index (χ0) is 10.0. The summed E-state index contributed by atoms with van der Waals surface area (Å²) in [5, 5.41) is 8.29. The van der Waals surface area contributed by atoms with Crippen molar-refractivity contribution in [3.63, 3.8) is 0 Å². The lowest BCUT2D eigenvalue weighted by Crippen LogP contribution is -2.08. The van der Waals surface area contributed by atoms with Crippen LogP contribution in [0.3, 0.4) is 0 Å². The van der Waals surface area contributed by atoms with Crippen molar-refractivity contribution in [1.82, 2.24) is 0 Å². The molecule has 72 valence electrons. The first-order valence-corrected chi connectivity index (χ1v) is 4.99. The number of hydrogen-bond donors (Lipinski definition) is 0. The maximum atomic E-state index is 8.29. The Kier molecular flexibility index (Phi) is 10.0. The van der Waals surface area contributed by atoms with Gasteiger partial charge >= 0.3 is 0 Å². The van der Waals surface area contributed by atoms with Crippen molar-refractivity contribution in [2.75, 3.05) is 0 Å². The van der Waals surface area contributed by atoms with E-state index in [0.29, 0.717) is 11.8 Å². The topological polar surface area (TPSA) is 23.8 Å². The average Bonchev–Trinajstić information content (AvgIpc) is 2.09. The van der Waals surface area contributed by atoms with Crippen LogP contribution in [0.2, 0.25) is 0 Å². The Morgan fingerprint density at radius 1 is 1.25 bits per heavy atom. The van der Waals surface area contributed by atoms with Crippen LogP contribution in [-0.4, -0.2) is 0 Å². The standard InChI is InChI=1S/C9H17N.C2H6/c1-4-9(2,3)7-5-6-8-10;1-2/h4-7H2,1-3H3;1-2H3. The van der Waals surface area contributed by atoms with Gasteiger partial charge in [0.25, 0.3) is 0 Å². The molecule has 0 aliphatic heterocycles. The molecule has 0 amide bonds. The van der Waals surface area contributed by atoms with Gasteiger partial charge in [-0.25, -0.2) is 0 Å². The summed E-state index contributed by atoms with van der Waals surface area (Å²) in [5.74, 6) is 0. The zero-order valence-electron chi connectivity index (χ0n) is 9.28. The van der Waals surface area contributed by atoms with Crippen molar-refractivity contribution < 1.29 is 0 Å². The molecule has 1 nitrogen and oxygen atoms in total. The summed E-state index contributed by atoms with van der Waals surface area (Å²) < 4.78 is 0. The number of nitrogens with zero attached hydrogens (tertiary/aromatic N) is 1. The molecule has 0 aliphatic rings. The second-order valence-electron chi connectivity index (χ2n) is 3.53. The van der Waals surface area contributed by atoms with E-state index in [1.54, 1.807) is 0 Å². The molecule has 0 rings (SSSR count). The highest BCUT2D eigenvalue weighted by Crippen LogP contribution is 2.26. The van der Waals surface area contributed by atoms with E-state index in [9.17, 15) is 0 Å². The van der Waals surface area contributed by atoms with Crippen LogP contribution in [0.15, 0.2) is 0 Å². The van der Waals surface area contributed by atoms with E-state index in [1.165, 1.54) is 12.8 Å². The summed E-state index contributed by atoms with van der Waals surface area (Å²) in [7, 11) is 0. The molecule has 0 bridgehead atoms. The van der Waals surface area contributed by atoms with Crippen molar-refractivity contribution in [3.8, 4) is 6.07 Å². The van der Waals surface area contributed by atoms with Crippen molar-refractivity contribution >= 4 is 0 Å². The highest BCUT2D eigenvalue weighted by atomic mass is 14.2. The Morgan fingerprint density at radius 2 is 1.75 bits per heavy atom. The third kappa shape index (κ3) is 9.49. The normalized spacial score (nSPS) is 9.67. The highest BCUT2D eigenvalue weighted by Gasteiger charge is 2.13. The molecule has 0 spiro atoms. The Hall–Kier alpha value is -0.510. The fraction of sp³-hybridized carbons (Fsp3) is 0.909. The lowest BCUT2D eigenvalue weighted by molar-refractivity contribution is 0.314. The summed E-state index contributed by atoms with van der Waals surface area (Å²) in [6, 6.07) is 2.16. The van der Waals surface area contributed by atoms with E-state index in [4.69, 9.17) is 5.26 Å². The molecule has 0 aromatic carbocycles. The van der Waals surface area contributed by atoms with Gasteiger partial charge in [-0.05, 0) is 18.3 Å². The maximum Gasteiger partial charge on any atom is 0.0621 e. The van der Waals surface area contributed by atoms with Crippen molar-refractivity contribution in [1.29, 1.82) is 5.26 Å². The molecule has 0 N–H and O–H groups in total. The first-order valence-electron chi connectivity index (χ1n) is 4.99. The molecular weight excluding hydrogens is 146 g/mol. The first kappa shape index (κ1) is 14.0. The summed E-state index contributed by atoms with van der Waals surface area (Å²) in [5.41, 5.74) is 0.441. The van der Waals surface area contributed by atoms with Crippen LogP contribution in [0, 0.1) is 16.7 Å². The second-order valence-corrected chi connectivity index (χ2v) is 3.53. The fourth-order valence-electron chi connectivity index (χ4n) is 0.823. The molecule has 0 unspecified atom stereocenters. The van der Waals surface area contributed by atoms with E-state index in [-0.39, 0.29) is 0 Å². The highest BCUT2D eigenvalue weighted by molar-refractivity contribution is 4.72. The molecular formula is C11H23N. The Balaban J connectivity index is 0. The summed E-state index contributed by atoms with van der Waals surface area (Å²) in [6.45, 7) is 10.7. The van der Waals surface area contributed by atoms with Gasteiger partial charge in [0.05, 0.1) is 6.07 Å². The van der Waals surface area contributed by atoms with Gasteiger partial charge in [-0.15, -0.1) is 0 Å². The van der Waals surface area contributed by atoms with Crippen LogP contribution in [0.25, 0.3) is 0 Å². The van der Waals surface area contributed by atoms with Gasteiger partial charge in [-0.3, -0.25) is 0 Å². The van der Waals surface area contributed by atoms with E-state index < -0.39 is 0 Å². The number of rotatable bonds is 4. The molecule has 1 heteroatoms. The summed E-state index contributed by atoms with van der Waals surface area (Å²) in [6.07, 6.45) is 4.15. The molecule has 0 heterocycles. The van der Waals surface area contributed by atoms with Gasteiger partial charge in [0.1, 0.15) is 0 Å². The molecule has 0 saturated heterocycles. The van der Waals surface area contributed by atoms with Crippen LogP contribution in [0.5, 0.6) is 0 Å². The average molecular weight is 169 g/mol. The Morgan fingerprint density at radius 3 is 2.08 bits per heavy atom. The van der Waals surface area contributed by atoms with Gasteiger partial charge in [0, 0.05) is 6.42 Å². The number of nitriles is 1. The monoisotopic (exact) mass is 169 g/mol. The molecule has 12 heavy (non-hydrogen) atoms. The van der Waals surface area contributed by atoms with Crippen LogP contribution < -0.4 is 0 Å². The quantitative estimate of drug-likeness (QED) is 0.580. The van der Waals surface area contributed by atoms with E-state index >= 15 is 0 Å². The number of unbranched alkanes of at least 4 members (excludes halogenated alkanes) is 1. The molecule has 0 saturated carbocycles. The van der Waals surface area contributed by atoms with Crippen molar-refractivity contribution in [3.05, 3.63) is 0 Å². The maximum absolute atomic E-state index is 8.29. The molecule has 0 atom stereocenters. The van der Waals surface area contributed by atoms with Crippen LogP contribution in [0.4, 0.5) is 0 Å². The van der Waals surface area contributed by atoms with E-state index in [0.717, 1.165) is 6.42 Å². The van der Waals surface area contributed by atoms with Crippen LogP contribution in [-0.2, 0) is 0 Å². The Labute approximate surface area is 77.8 Å². The third-order valence-corrected chi connectivity index (χ3v) is 2.10. The van der Waals surface area contributed by atoms with Crippen molar-refractivity contribution in [2.45, 2.75) is 60.3 Å². The predicted octanol–water partition coefficient (Wildman–Crippen LogP) is 4.14. The molecule has 0 radical (unpaired) electrons. The fourth-order valence-corrected chi connectivity index (χ4v) is 0.823. The SMILES string of the molecule is CC.CCC(C)(C)CCCC#N. The molecule has 0 aliphatic carbocycles. The second kappa shape index (κ2) is 8.59. The van der Waals surface area contributed by atoms with Gasteiger partial charge < -0.3 is 0 Å². The molecule has 0 aromatic heterocycles. The van der Waals surface area contributed by atoms with E-state index in [1.807, 2.05) is 13.8 Å². The number of hydrogen-bond acceptors (Lipinski definition) is 1. The molecule has 0 aromatic rings. The third-order valence-electron chi connectivity index (χ3n) is 2.10. The van der Waals surface area contributed by atoms with Crippen molar-refractivity contribution in [2.24, 2.45) is 5.41 Å². The lowest BCUT2D eigenvalue weighted by atomic mass is 9.85. The van der Waals surface area contributed by atoms with E-state index in [2.05, 4.69) is 26.8 Å². The van der Waals surface area contributed by atoms with Gasteiger partial charge in [-0.1, -0.05) is 41.0 Å². The van der Waals surface area contributed by atoms with Gasteiger partial charge in [0.2, 0.25) is 0 Å². The summed E-state index contributed by atoms with van der Waals surface area (Å²) >= 11 is 0.